The monoisotopic (exact) mass is 287 g/mol. The molecule has 0 saturated heterocycles. The number of pyridine rings is 1. The van der Waals surface area contributed by atoms with Gasteiger partial charge in [-0.3, -0.25) is 10.8 Å². The van der Waals surface area contributed by atoms with E-state index < -0.39 is 0 Å². The largest absolute Gasteiger partial charge is 0.323 e. The van der Waals surface area contributed by atoms with Gasteiger partial charge in [-0.1, -0.05) is 40.2 Å². The molecule has 0 bridgehead atoms. The van der Waals surface area contributed by atoms with E-state index in [9.17, 15) is 0 Å². The third-order valence-electron chi connectivity index (χ3n) is 2.86. The first-order valence-corrected chi connectivity index (χ1v) is 6.03. The minimum atomic E-state index is 0.876. The molecular formula is C13H10BrN3. The topological polar surface area (TPSA) is 50.9 Å². The summed E-state index contributed by atoms with van der Waals surface area (Å²) in [5.74, 6) is 5.52. The Balaban J connectivity index is 2.57. The molecule has 0 saturated carbocycles. The van der Waals surface area contributed by atoms with Crippen LogP contribution in [0.4, 0.5) is 5.69 Å². The molecular weight excluding hydrogens is 278 g/mol. The van der Waals surface area contributed by atoms with Gasteiger partial charge < -0.3 is 5.43 Å². The highest BCUT2D eigenvalue weighted by atomic mass is 79.9. The van der Waals surface area contributed by atoms with Gasteiger partial charge in [0.1, 0.15) is 0 Å². The molecule has 0 aliphatic heterocycles. The van der Waals surface area contributed by atoms with Crippen molar-refractivity contribution in [2.24, 2.45) is 5.84 Å². The maximum absolute atomic E-state index is 5.52. The number of nitrogens with one attached hydrogen (secondary N) is 1. The van der Waals surface area contributed by atoms with E-state index in [4.69, 9.17) is 5.84 Å². The molecule has 4 heteroatoms. The Labute approximate surface area is 107 Å². The number of benzene rings is 2. The minimum absolute atomic E-state index is 0.876. The molecule has 0 radical (unpaired) electrons. The molecule has 1 heterocycles. The van der Waals surface area contributed by atoms with Crippen LogP contribution in [0.5, 0.6) is 0 Å². The van der Waals surface area contributed by atoms with Crippen LogP contribution >= 0.6 is 15.9 Å². The number of nitrogens with two attached hydrogens (primary N) is 1. The predicted octanol–water partition coefficient (Wildman–Crippen LogP) is 3.44. The number of hydrogen-bond donors (Lipinski definition) is 2. The van der Waals surface area contributed by atoms with E-state index in [0.717, 1.165) is 31.8 Å². The predicted molar refractivity (Wildman–Crippen MR) is 74.8 cm³/mol. The van der Waals surface area contributed by atoms with Gasteiger partial charge in [-0.2, -0.15) is 0 Å². The lowest BCUT2D eigenvalue weighted by Crippen LogP contribution is -2.07. The highest BCUT2D eigenvalue weighted by Gasteiger charge is 2.07. The van der Waals surface area contributed by atoms with Gasteiger partial charge in [0.25, 0.3) is 0 Å². The fourth-order valence-corrected chi connectivity index (χ4v) is 2.64. The molecule has 3 rings (SSSR count). The van der Waals surface area contributed by atoms with Crippen LogP contribution in [0, 0.1) is 0 Å². The standard InChI is InChI=1S/C13H10BrN3/c14-11-7-10-12(17-15)5-6-16-13(10)9-4-2-1-3-8(9)11/h1-7H,15H2,(H,16,17). The molecule has 0 aliphatic rings. The first kappa shape index (κ1) is 10.5. The van der Waals surface area contributed by atoms with Crippen LogP contribution in [0.15, 0.2) is 47.1 Å². The molecule has 2 aromatic carbocycles. The summed E-state index contributed by atoms with van der Waals surface area (Å²) in [5.41, 5.74) is 4.54. The van der Waals surface area contributed by atoms with Crippen LogP contribution in [-0.2, 0) is 0 Å². The normalized spacial score (nSPS) is 10.9. The molecule has 0 fully saturated rings. The molecule has 0 unspecified atom stereocenters. The van der Waals surface area contributed by atoms with Crippen molar-refractivity contribution in [1.29, 1.82) is 0 Å². The molecule has 17 heavy (non-hydrogen) atoms. The van der Waals surface area contributed by atoms with Crippen LogP contribution in [0.2, 0.25) is 0 Å². The molecule has 0 spiro atoms. The fraction of sp³-hybridized carbons (Fsp3) is 0. The van der Waals surface area contributed by atoms with Gasteiger partial charge in [0.15, 0.2) is 0 Å². The quantitative estimate of drug-likeness (QED) is 0.410. The molecule has 1 aromatic heterocycles. The van der Waals surface area contributed by atoms with Crippen LogP contribution in [0.3, 0.4) is 0 Å². The Kier molecular flexibility index (Phi) is 2.46. The number of nitrogens with zero attached hydrogens (tertiary/aromatic N) is 1. The average Bonchev–Trinajstić information content (AvgIpc) is 2.39. The van der Waals surface area contributed by atoms with Crippen LogP contribution in [0.1, 0.15) is 0 Å². The van der Waals surface area contributed by atoms with Crippen molar-refractivity contribution >= 4 is 43.3 Å². The summed E-state index contributed by atoms with van der Waals surface area (Å²) in [6, 6.07) is 12.1. The van der Waals surface area contributed by atoms with Crippen molar-refractivity contribution < 1.29 is 0 Å². The van der Waals surface area contributed by atoms with Crippen LogP contribution in [0.25, 0.3) is 21.7 Å². The van der Waals surface area contributed by atoms with Crippen molar-refractivity contribution in [3.8, 4) is 0 Å². The summed E-state index contributed by atoms with van der Waals surface area (Å²) in [6.45, 7) is 0. The highest BCUT2D eigenvalue weighted by molar-refractivity contribution is 9.10. The van der Waals surface area contributed by atoms with Crippen molar-refractivity contribution in [3.63, 3.8) is 0 Å². The molecule has 0 amide bonds. The van der Waals surface area contributed by atoms with Crippen molar-refractivity contribution in [1.82, 2.24) is 4.98 Å². The third kappa shape index (κ3) is 1.57. The number of fused-ring (bicyclic) bond motifs is 3. The van der Waals surface area contributed by atoms with E-state index in [2.05, 4.69) is 38.5 Å². The van der Waals surface area contributed by atoms with Gasteiger partial charge in [0.2, 0.25) is 0 Å². The fourth-order valence-electron chi connectivity index (χ4n) is 2.06. The summed E-state index contributed by atoms with van der Waals surface area (Å²) in [6.07, 6.45) is 1.76. The molecule has 0 aliphatic carbocycles. The second-order valence-corrected chi connectivity index (χ2v) is 4.66. The Hall–Kier alpha value is -1.65. The Morgan fingerprint density at radius 1 is 1.06 bits per heavy atom. The van der Waals surface area contributed by atoms with E-state index >= 15 is 0 Å². The lowest BCUT2D eigenvalue weighted by Gasteiger charge is -2.09. The van der Waals surface area contributed by atoms with Gasteiger partial charge in [0.05, 0.1) is 11.2 Å². The second kappa shape index (κ2) is 3.98. The summed E-state index contributed by atoms with van der Waals surface area (Å²) >= 11 is 3.58. The Morgan fingerprint density at radius 3 is 2.59 bits per heavy atom. The Bertz CT molecular complexity index is 709. The maximum atomic E-state index is 5.52. The zero-order chi connectivity index (χ0) is 11.8. The van der Waals surface area contributed by atoms with Gasteiger partial charge in [-0.15, -0.1) is 0 Å². The number of anilines is 1. The van der Waals surface area contributed by atoms with Gasteiger partial charge >= 0.3 is 0 Å². The Morgan fingerprint density at radius 2 is 1.82 bits per heavy atom. The lowest BCUT2D eigenvalue weighted by molar-refractivity contribution is 1.34. The van der Waals surface area contributed by atoms with Crippen molar-refractivity contribution in [3.05, 3.63) is 47.1 Å². The third-order valence-corrected chi connectivity index (χ3v) is 3.51. The van der Waals surface area contributed by atoms with E-state index in [-0.39, 0.29) is 0 Å². The molecule has 0 atom stereocenters. The maximum Gasteiger partial charge on any atom is 0.0802 e. The van der Waals surface area contributed by atoms with Gasteiger partial charge in [-0.05, 0) is 17.5 Å². The van der Waals surface area contributed by atoms with Crippen molar-refractivity contribution in [2.45, 2.75) is 0 Å². The molecule has 84 valence electrons. The van der Waals surface area contributed by atoms with E-state index in [1.54, 1.807) is 6.20 Å². The zero-order valence-electron chi connectivity index (χ0n) is 8.94. The molecule has 3 N–H and O–H groups in total. The van der Waals surface area contributed by atoms with E-state index in [1.165, 1.54) is 0 Å². The number of nitrogen functional groups attached to an aromatic ring is 1. The van der Waals surface area contributed by atoms with Crippen molar-refractivity contribution in [2.75, 3.05) is 5.43 Å². The SMILES string of the molecule is NNc1ccnc2c1cc(Br)c1ccccc12. The van der Waals surface area contributed by atoms with E-state index in [0.29, 0.717) is 0 Å². The number of aromatic nitrogens is 1. The summed E-state index contributed by atoms with van der Waals surface area (Å²) in [5, 5.41) is 3.29. The van der Waals surface area contributed by atoms with Gasteiger partial charge in [0, 0.05) is 21.4 Å². The number of hydrazine groups is 1. The van der Waals surface area contributed by atoms with Gasteiger partial charge in [-0.25, -0.2) is 0 Å². The first-order valence-electron chi connectivity index (χ1n) is 5.24. The summed E-state index contributed by atoms with van der Waals surface area (Å²) in [4.78, 5) is 4.44. The second-order valence-electron chi connectivity index (χ2n) is 3.80. The number of hydrogen-bond acceptors (Lipinski definition) is 3. The minimum Gasteiger partial charge on any atom is -0.323 e. The number of rotatable bonds is 1. The zero-order valence-corrected chi connectivity index (χ0v) is 10.5. The number of halogens is 1. The molecule has 3 nitrogen and oxygen atoms in total. The van der Waals surface area contributed by atoms with E-state index in [1.807, 2.05) is 24.3 Å². The smallest absolute Gasteiger partial charge is 0.0802 e. The molecule has 3 aromatic rings. The van der Waals surface area contributed by atoms with Crippen LogP contribution < -0.4 is 11.3 Å². The summed E-state index contributed by atoms with van der Waals surface area (Å²) < 4.78 is 1.05. The average molecular weight is 288 g/mol. The first-order chi connectivity index (χ1) is 8.31. The lowest BCUT2D eigenvalue weighted by atomic mass is 10.1. The highest BCUT2D eigenvalue weighted by Crippen LogP contribution is 2.33. The van der Waals surface area contributed by atoms with Crippen LogP contribution in [-0.4, -0.2) is 4.98 Å². The summed E-state index contributed by atoms with van der Waals surface area (Å²) in [7, 11) is 0.